The zero-order valence-corrected chi connectivity index (χ0v) is 29.3. The SMILES string of the molecule is CCN1C[C@H](NC(=S)Nc2nc(-c3c(C)cc(C#N)cc3O)c[nH]c2=O)C[C@H](O[Si](c2ccccc2)(c2ccccc2)C(C)(C)C)C1. The van der Waals surface area contributed by atoms with Gasteiger partial charge in [0.15, 0.2) is 10.9 Å². The number of hydrogen-bond donors (Lipinski definition) is 4. The molecule has 0 amide bonds. The van der Waals surface area contributed by atoms with Crippen molar-refractivity contribution in [1.29, 1.82) is 5.26 Å². The van der Waals surface area contributed by atoms with Crippen LogP contribution in [0.3, 0.4) is 0 Å². The van der Waals surface area contributed by atoms with E-state index in [1.54, 1.807) is 13.0 Å². The summed E-state index contributed by atoms with van der Waals surface area (Å²) in [4.78, 5) is 22.3. The summed E-state index contributed by atoms with van der Waals surface area (Å²) in [5, 5.41) is 28.9. The average molecular weight is 667 g/mol. The molecule has 2 heterocycles. The first-order valence-electron chi connectivity index (χ1n) is 15.9. The molecule has 1 aromatic heterocycles. The molecular formula is C36H42N6O3SSi. The lowest BCUT2D eigenvalue weighted by Gasteiger charge is -2.48. The number of nitriles is 1. The minimum atomic E-state index is -2.77. The van der Waals surface area contributed by atoms with Crippen molar-refractivity contribution >= 4 is 41.8 Å². The average Bonchev–Trinajstić information content (AvgIpc) is 3.04. The molecule has 2 atom stereocenters. The summed E-state index contributed by atoms with van der Waals surface area (Å²) in [7, 11) is -2.77. The number of aromatic hydroxyl groups is 1. The number of anilines is 1. The summed E-state index contributed by atoms with van der Waals surface area (Å²) in [6, 6.07) is 26.3. The van der Waals surface area contributed by atoms with Crippen LogP contribution in [0.4, 0.5) is 5.82 Å². The Kier molecular flexibility index (Phi) is 10.3. The van der Waals surface area contributed by atoms with Crippen molar-refractivity contribution in [2.75, 3.05) is 25.0 Å². The fourth-order valence-electron chi connectivity index (χ4n) is 6.64. The van der Waals surface area contributed by atoms with Gasteiger partial charge in [-0.2, -0.15) is 5.26 Å². The van der Waals surface area contributed by atoms with Gasteiger partial charge in [0, 0.05) is 30.9 Å². The number of aryl methyl sites for hydroxylation is 1. The standard InChI is InChI=1S/C36H42N6O3SSi/c1-6-42-22-26(39-35(46)41-33-34(44)38-21-30(40-33)32-24(2)17-25(20-37)18-31(32)43)19-27(23-42)45-47(36(3,4)5,28-13-9-7-10-14-28)29-15-11-8-12-16-29/h7-18,21,26-27,43H,6,19,22-23H2,1-5H3,(H,38,44)(H2,39,40,41,46)/t26-,27+/m1/s1. The lowest BCUT2D eigenvalue weighted by atomic mass is 10.0. The Labute approximate surface area is 282 Å². The first kappa shape index (κ1) is 34.0. The summed E-state index contributed by atoms with van der Waals surface area (Å²) in [6.45, 7) is 13.2. The molecule has 9 nitrogen and oxygen atoms in total. The monoisotopic (exact) mass is 666 g/mol. The van der Waals surface area contributed by atoms with Gasteiger partial charge in [-0.15, -0.1) is 0 Å². The molecule has 4 aromatic rings. The van der Waals surface area contributed by atoms with E-state index in [0.717, 1.165) is 26.1 Å². The number of nitrogens with one attached hydrogen (secondary N) is 3. The van der Waals surface area contributed by atoms with Crippen LogP contribution in [0, 0.1) is 18.3 Å². The maximum atomic E-state index is 12.8. The van der Waals surface area contributed by atoms with E-state index in [-0.39, 0.29) is 33.9 Å². The number of rotatable bonds is 8. The number of likely N-dealkylation sites (tertiary alicyclic amines) is 1. The highest BCUT2D eigenvalue weighted by molar-refractivity contribution is 7.80. The molecule has 5 rings (SSSR count). The maximum Gasteiger partial charge on any atom is 0.291 e. The molecule has 1 saturated heterocycles. The van der Waals surface area contributed by atoms with Crippen molar-refractivity contribution in [1.82, 2.24) is 20.2 Å². The molecule has 4 N–H and O–H groups in total. The van der Waals surface area contributed by atoms with Gasteiger partial charge in [0.25, 0.3) is 13.9 Å². The zero-order chi connectivity index (χ0) is 33.8. The molecule has 0 bridgehead atoms. The number of H-pyrrole nitrogens is 1. The van der Waals surface area contributed by atoms with Gasteiger partial charge in [-0.3, -0.25) is 9.69 Å². The fraction of sp³-hybridized carbons (Fsp3) is 0.333. The highest BCUT2D eigenvalue weighted by Crippen LogP contribution is 2.38. The zero-order valence-electron chi connectivity index (χ0n) is 27.5. The summed E-state index contributed by atoms with van der Waals surface area (Å²) >= 11 is 5.71. The summed E-state index contributed by atoms with van der Waals surface area (Å²) in [5.74, 6) is -0.0898. The smallest absolute Gasteiger partial charge is 0.291 e. The molecule has 1 aliphatic rings. The Morgan fingerprint density at radius 3 is 2.32 bits per heavy atom. The van der Waals surface area contributed by atoms with E-state index >= 15 is 0 Å². The van der Waals surface area contributed by atoms with Crippen LogP contribution < -0.4 is 26.6 Å². The van der Waals surface area contributed by atoms with Crippen molar-refractivity contribution in [2.24, 2.45) is 0 Å². The normalized spacial score (nSPS) is 17.1. The van der Waals surface area contributed by atoms with E-state index in [2.05, 4.69) is 102 Å². The molecule has 1 aliphatic heterocycles. The predicted octanol–water partition coefficient (Wildman–Crippen LogP) is 4.65. The minimum absolute atomic E-state index is 0.00595. The number of phenols is 1. The Morgan fingerprint density at radius 1 is 1.13 bits per heavy atom. The van der Waals surface area contributed by atoms with Gasteiger partial charge in [-0.05, 0) is 65.2 Å². The highest BCUT2D eigenvalue weighted by Gasteiger charge is 2.52. The number of likely N-dealkylation sites (N-methyl/N-ethyl adjacent to an activating group) is 1. The van der Waals surface area contributed by atoms with Gasteiger partial charge >= 0.3 is 0 Å². The van der Waals surface area contributed by atoms with Crippen LogP contribution >= 0.6 is 12.2 Å². The van der Waals surface area contributed by atoms with Crippen molar-refractivity contribution in [3.05, 3.63) is 100 Å². The third-order valence-corrected chi connectivity index (χ3v) is 14.1. The molecule has 3 aromatic carbocycles. The summed E-state index contributed by atoms with van der Waals surface area (Å²) in [6.07, 6.45) is 2.10. The number of phenolic OH excluding ortho intramolecular Hbond substituents is 1. The largest absolute Gasteiger partial charge is 0.507 e. The van der Waals surface area contributed by atoms with Gasteiger partial charge < -0.3 is 25.2 Å². The van der Waals surface area contributed by atoms with Crippen LogP contribution in [0.2, 0.25) is 5.04 Å². The van der Waals surface area contributed by atoms with E-state index in [1.165, 1.54) is 22.6 Å². The topological polar surface area (TPSA) is 126 Å². The summed E-state index contributed by atoms with van der Waals surface area (Å²) < 4.78 is 7.48. The lowest BCUT2D eigenvalue weighted by Crippen LogP contribution is -2.69. The van der Waals surface area contributed by atoms with Crippen LogP contribution in [-0.2, 0) is 4.43 Å². The third kappa shape index (κ3) is 7.31. The number of thiocarbonyl (C=S) groups is 1. The van der Waals surface area contributed by atoms with Crippen LogP contribution in [-0.4, -0.2) is 65.2 Å². The number of aromatic amines is 1. The van der Waals surface area contributed by atoms with Crippen molar-refractivity contribution in [3.63, 3.8) is 0 Å². The molecule has 0 saturated carbocycles. The third-order valence-electron chi connectivity index (χ3n) is 8.75. The first-order chi connectivity index (χ1) is 22.4. The molecular weight excluding hydrogens is 625 g/mol. The molecule has 0 spiro atoms. The number of piperidine rings is 1. The Bertz CT molecular complexity index is 1760. The van der Waals surface area contributed by atoms with Crippen molar-refractivity contribution < 1.29 is 9.53 Å². The van der Waals surface area contributed by atoms with Gasteiger partial charge in [-0.25, -0.2) is 4.98 Å². The van der Waals surface area contributed by atoms with Crippen molar-refractivity contribution in [2.45, 2.75) is 58.2 Å². The Morgan fingerprint density at radius 2 is 1.77 bits per heavy atom. The molecule has 1 fully saturated rings. The molecule has 0 radical (unpaired) electrons. The van der Waals surface area contributed by atoms with E-state index in [1.807, 2.05) is 18.2 Å². The number of aromatic nitrogens is 2. The van der Waals surface area contributed by atoms with E-state index in [0.29, 0.717) is 22.4 Å². The van der Waals surface area contributed by atoms with Gasteiger partial charge in [0.05, 0.1) is 23.4 Å². The molecule has 0 unspecified atom stereocenters. The molecule has 0 aliphatic carbocycles. The van der Waals surface area contributed by atoms with E-state index in [9.17, 15) is 15.2 Å². The van der Waals surface area contributed by atoms with E-state index < -0.39 is 13.9 Å². The first-order valence-corrected chi connectivity index (χ1v) is 18.2. The quantitative estimate of drug-likeness (QED) is 0.157. The molecule has 11 heteroatoms. The predicted molar refractivity (Wildman–Crippen MR) is 194 cm³/mol. The minimum Gasteiger partial charge on any atom is -0.507 e. The Balaban J connectivity index is 1.39. The number of benzene rings is 3. The van der Waals surface area contributed by atoms with Gasteiger partial charge in [0.2, 0.25) is 0 Å². The van der Waals surface area contributed by atoms with Gasteiger partial charge in [-0.1, -0.05) is 88.4 Å². The molecule has 47 heavy (non-hydrogen) atoms. The van der Waals surface area contributed by atoms with E-state index in [4.69, 9.17) is 16.6 Å². The van der Waals surface area contributed by atoms with Crippen LogP contribution in [0.15, 0.2) is 83.8 Å². The maximum absolute atomic E-state index is 12.8. The Hall–Kier alpha value is -4.34. The second-order valence-electron chi connectivity index (χ2n) is 13.0. The van der Waals surface area contributed by atoms with Crippen LogP contribution in [0.1, 0.15) is 45.2 Å². The van der Waals surface area contributed by atoms with Gasteiger partial charge in [0.1, 0.15) is 5.75 Å². The second-order valence-corrected chi connectivity index (χ2v) is 17.7. The number of nitrogens with zero attached hydrogens (tertiary/aromatic N) is 3. The second kappa shape index (κ2) is 14.2. The van der Waals surface area contributed by atoms with Crippen molar-refractivity contribution in [3.8, 4) is 23.1 Å². The molecule has 244 valence electrons. The lowest BCUT2D eigenvalue weighted by molar-refractivity contribution is 0.0693. The van der Waals surface area contributed by atoms with Crippen LogP contribution in [0.5, 0.6) is 5.75 Å². The fourth-order valence-corrected chi connectivity index (χ4v) is 11.6. The van der Waals surface area contributed by atoms with Crippen LogP contribution in [0.25, 0.3) is 11.3 Å². The summed E-state index contributed by atoms with van der Waals surface area (Å²) in [5.41, 5.74) is 1.32. The number of hydrogen-bond acceptors (Lipinski definition) is 7. The highest BCUT2D eigenvalue weighted by atomic mass is 32.1.